The highest BCUT2D eigenvalue weighted by Gasteiger charge is 2.24. The van der Waals surface area contributed by atoms with E-state index < -0.39 is 0 Å². The summed E-state index contributed by atoms with van der Waals surface area (Å²) < 4.78 is 0. The van der Waals surface area contributed by atoms with Crippen LogP contribution in [0, 0.1) is 12.8 Å². The van der Waals surface area contributed by atoms with Crippen LogP contribution in [0.15, 0.2) is 29.4 Å². The maximum atomic E-state index is 12.5. The first kappa shape index (κ1) is 19.2. The van der Waals surface area contributed by atoms with Crippen LogP contribution in [0.25, 0.3) is 10.2 Å². The van der Waals surface area contributed by atoms with Crippen molar-refractivity contribution in [3.63, 3.8) is 0 Å². The fourth-order valence-corrected chi connectivity index (χ4v) is 5.72. The summed E-state index contributed by atoms with van der Waals surface area (Å²) in [5.41, 5.74) is 9.57. The van der Waals surface area contributed by atoms with Crippen molar-refractivity contribution >= 4 is 50.7 Å². The zero-order valence-corrected chi connectivity index (χ0v) is 17.9. The van der Waals surface area contributed by atoms with Gasteiger partial charge in [0.25, 0.3) is 0 Å². The van der Waals surface area contributed by atoms with Crippen molar-refractivity contribution in [3.05, 3.63) is 40.3 Å². The van der Waals surface area contributed by atoms with Gasteiger partial charge in [-0.05, 0) is 56.7 Å². The van der Waals surface area contributed by atoms with E-state index in [0.717, 1.165) is 34.3 Å². The molecule has 5 nitrogen and oxygen atoms in total. The van der Waals surface area contributed by atoms with Gasteiger partial charge in [-0.25, -0.2) is 9.97 Å². The molecule has 1 amide bonds. The Kier molecular flexibility index (Phi) is 5.29. The Labute approximate surface area is 173 Å². The molecule has 2 heterocycles. The molecule has 1 aromatic carbocycles. The molecule has 0 aliphatic heterocycles. The number of thioether (sulfide) groups is 1. The van der Waals surface area contributed by atoms with Gasteiger partial charge in [0, 0.05) is 10.6 Å². The van der Waals surface area contributed by atoms with Crippen LogP contribution in [-0.2, 0) is 17.6 Å². The van der Waals surface area contributed by atoms with Gasteiger partial charge < -0.3 is 11.1 Å². The monoisotopic (exact) mass is 412 g/mol. The van der Waals surface area contributed by atoms with E-state index in [4.69, 9.17) is 10.7 Å². The van der Waals surface area contributed by atoms with Crippen molar-refractivity contribution in [2.75, 3.05) is 11.1 Å². The van der Waals surface area contributed by atoms with Gasteiger partial charge in [0.15, 0.2) is 5.16 Å². The van der Waals surface area contributed by atoms with E-state index in [2.05, 4.69) is 17.2 Å². The smallest absolute Gasteiger partial charge is 0.237 e. The van der Waals surface area contributed by atoms with Gasteiger partial charge in [0.2, 0.25) is 5.91 Å². The minimum Gasteiger partial charge on any atom is -0.383 e. The number of hydrogen-bond acceptors (Lipinski definition) is 6. The van der Waals surface area contributed by atoms with E-state index in [1.54, 1.807) is 11.3 Å². The summed E-state index contributed by atoms with van der Waals surface area (Å²) in [6.07, 6.45) is 3.32. The van der Waals surface area contributed by atoms with E-state index >= 15 is 0 Å². The average Bonchev–Trinajstić information content (AvgIpc) is 3.01. The number of hydrogen-bond donors (Lipinski definition) is 2. The second kappa shape index (κ2) is 7.72. The Morgan fingerprint density at radius 2 is 2.07 bits per heavy atom. The minimum absolute atomic E-state index is 0.0737. The molecular weight excluding hydrogens is 388 g/mol. The van der Waals surface area contributed by atoms with Gasteiger partial charge in [-0.2, -0.15) is 0 Å². The Hall–Kier alpha value is -2.12. The zero-order chi connectivity index (χ0) is 19.8. The quantitative estimate of drug-likeness (QED) is 0.474. The number of fused-ring (bicyclic) bond motifs is 3. The summed E-state index contributed by atoms with van der Waals surface area (Å²) in [6, 6.07) is 7.76. The van der Waals surface area contributed by atoms with Gasteiger partial charge in [0.1, 0.15) is 10.6 Å². The zero-order valence-electron chi connectivity index (χ0n) is 16.3. The van der Waals surface area contributed by atoms with E-state index in [1.165, 1.54) is 28.6 Å². The number of aromatic nitrogens is 2. The van der Waals surface area contributed by atoms with Crippen LogP contribution in [0.5, 0.6) is 0 Å². The number of carbonyl (C=O) groups is 1. The number of anilines is 2. The lowest BCUT2D eigenvalue weighted by Gasteiger charge is -2.17. The van der Waals surface area contributed by atoms with Crippen molar-refractivity contribution in [3.8, 4) is 0 Å². The maximum absolute atomic E-state index is 12.5. The summed E-state index contributed by atoms with van der Waals surface area (Å²) in [7, 11) is 0. The minimum atomic E-state index is -0.326. The van der Waals surface area contributed by atoms with Crippen LogP contribution < -0.4 is 11.1 Å². The van der Waals surface area contributed by atoms with Gasteiger partial charge in [-0.3, -0.25) is 4.79 Å². The Balaban J connectivity index is 1.52. The number of rotatable bonds is 4. The molecule has 1 aliphatic rings. The van der Waals surface area contributed by atoms with E-state index in [9.17, 15) is 4.79 Å². The molecule has 3 N–H and O–H groups in total. The third kappa shape index (κ3) is 3.86. The summed E-state index contributed by atoms with van der Waals surface area (Å²) in [5, 5.41) is 4.20. The molecule has 0 spiro atoms. The Morgan fingerprint density at radius 3 is 2.82 bits per heavy atom. The first-order valence-electron chi connectivity index (χ1n) is 9.52. The number of benzene rings is 1. The van der Waals surface area contributed by atoms with E-state index in [1.807, 2.05) is 38.1 Å². The molecule has 0 saturated heterocycles. The van der Waals surface area contributed by atoms with Crippen molar-refractivity contribution in [1.82, 2.24) is 9.97 Å². The van der Waals surface area contributed by atoms with Crippen LogP contribution in [-0.4, -0.2) is 21.1 Å². The third-order valence-electron chi connectivity index (χ3n) is 5.13. The second-order valence-electron chi connectivity index (χ2n) is 7.54. The highest BCUT2D eigenvalue weighted by Crippen LogP contribution is 2.40. The molecule has 0 saturated carbocycles. The summed E-state index contributed by atoms with van der Waals surface area (Å²) >= 11 is 3.07. The molecule has 4 rings (SSSR count). The third-order valence-corrected chi connectivity index (χ3v) is 7.24. The number of nitrogens with two attached hydrogens (primary N) is 1. The summed E-state index contributed by atoms with van der Waals surface area (Å²) in [6.45, 7) is 6.17. The largest absolute Gasteiger partial charge is 0.383 e. The van der Waals surface area contributed by atoms with Gasteiger partial charge >= 0.3 is 0 Å². The molecule has 2 atom stereocenters. The highest BCUT2D eigenvalue weighted by molar-refractivity contribution is 8.00. The SMILES string of the molecule is Cc1ccc(NC(=O)C(C)Sc2nc(N)c3c4c(sc3n2)CC(C)CC4)cc1. The standard InChI is InChI=1S/C21H24N4OS2/c1-11-4-7-14(8-5-11)23-19(26)13(3)27-21-24-18(22)17-15-9-6-12(2)10-16(15)28-20(17)25-21/h4-5,7-8,12-13H,6,9-10H2,1-3H3,(H,23,26)(H2,22,24,25). The highest BCUT2D eigenvalue weighted by atomic mass is 32.2. The lowest BCUT2D eigenvalue weighted by atomic mass is 9.89. The normalized spacial score (nSPS) is 17.3. The lowest BCUT2D eigenvalue weighted by Crippen LogP contribution is -2.22. The average molecular weight is 413 g/mol. The molecule has 28 heavy (non-hydrogen) atoms. The number of aryl methyl sites for hydroxylation is 2. The molecule has 1 aliphatic carbocycles. The molecular formula is C21H24N4OS2. The fourth-order valence-electron chi connectivity index (χ4n) is 3.50. The number of nitrogens with zero attached hydrogens (tertiary/aromatic N) is 2. The van der Waals surface area contributed by atoms with Crippen LogP contribution >= 0.6 is 23.1 Å². The molecule has 3 aromatic rings. The Bertz CT molecular complexity index is 1030. The summed E-state index contributed by atoms with van der Waals surface area (Å²) in [5.74, 6) is 1.16. The van der Waals surface area contributed by atoms with Crippen molar-refractivity contribution < 1.29 is 4.79 Å². The number of amides is 1. The predicted octanol–water partition coefficient (Wildman–Crippen LogP) is 4.83. The number of carbonyl (C=O) groups excluding carboxylic acids is 1. The van der Waals surface area contributed by atoms with E-state index in [-0.39, 0.29) is 11.2 Å². The molecule has 2 unspecified atom stereocenters. The van der Waals surface area contributed by atoms with Crippen LogP contribution in [0.1, 0.15) is 36.3 Å². The molecule has 2 aromatic heterocycles. The second-order valence-corrected chi connectivity index (χ2v) is 9.93. The van der Waals surface area contributed by atoms with Crippen molar-refractivity contribution in [2.24, 2.45) is 5.92 Å². The van der Waals surface area contributed by atoms with Crippen LogP contribution in [0.3, 0.4) is 0 Å². The topological polar surface area (TPSA) is 80.9 Å². The first-order chi connectivity index (χ1) is 13.4. The number of nitrogens with one attached hydrogen (secondary N) is 1. The predicted molar refractivity (Wildman–Crippen MR) is 118 cm³/mol. The maximum Gasteiger partial charge on any atom is 0.237 e. The van der Waals surface area contributed by atoms with Gasteiger partial charge in [-0.1, -0.05) is 36.4 Å². The first-order valence-corrected chi connectivity index (χ1v) is 11.2. The molecule has 0 fully saturated rings. The number of thiophene rings is 1. The molecule has 7 heteroatoms. The molecule has 146 valence electrons. The van der Waals surface area contributed by atoms with Crippen LogP contribution in [0.4, 0.5) is 11.5 Å². The van der Waals surface area contributed by atoms with E-state index in [0.29, 0.717) is 16.9 Å². The number of nitrogen functional groups attached to an aromatic ring is 1. The fraction of sp³-hybridized carbons (Fsp3) is 0.381. The van der Waals surface area contributed by atoms with Gasteiger partial charge in [-0.15, -0.1) is 11.3 Å². The molecule has 0 bridgehead atoms. The van der Waals surface area contributed by atoms with Crippen LogP contribution in [0.2, 0.25) is 0 Å². The molecule has 0 radical (unpaired) electrons. The van der Waals surface area contributed by atoms with Crippen molar-refractivity contribution in [2.45, 2.75) is 50.4 Å². The van der Waals surface area contributed by atoms with Crippen molar-refractivity contribution in [1.29, 1.82) is 0 Å². The summed E-state index contributed by atoms with van der Waals surface area (Å²) in [4.78, 5) is 24.1. The Morgan fingerprint density at radius 1 is 1.32 bits per heavy atom. The van der Waals surface area contributed by atoms with Gasteiger partial charge in [0.05, 0.1) is 10.6 Å². The lowest BCUT2D eigenvalue weighted by molar-refractivity contribution is -0.115.